The van der Waals surface area contributed by atoms with Gasteiger partial charge < -0.3 is 15.5 Å². The average molecular weight is 513 g/mol. The number of aliphatic imine (C=N–C) groups is 1. The molecule has 128 valence electrons. The van der Waals surface area contributed by atoms with Crippen molar-refractivity contribution in [1.82, 2.24) is 15.5 Å². The largest absolute Gasteiger partial charge is 0.355 e. The van der Waals surface area contributed by atoms with Gasteiger partial charge in [0.15, 0.2) is 5.96 Å². The van der Waals surface area contributed by atoms with E-state index >= 15 is 0 Å². The van der Waals surface area contributed by atoms with Crippen molar-refractivity contribution >= 4 is 63.1 Å². The number of carbonyl (C=O) groups excluding carboxylic acids is 1. The fraction of sp³-hybridized carbons (Fsp3) is 0.600. The summed E-state index contributed by atoms with van der Waals surface area (Å²) in [6, 6.07) is 2.13. The lowest BCUT2D eigenvalue weighted by Crippen LogP contribution is -2.51. The predicted molar refractivity (Wildman–Crippen MR) is 108 cm³/mol. The molecule has 0 radical (unpaired) electrons. The molecule has 1 amide bonds. The van der Waals surface area contributed by atoms with Crippen LogP contribution in [0.15, 0.2) is 20.2 Å². The number of guanidine groups is 1. The van der Waals surface area contributed by atoms with Crippen molar-refractivity contribution in [1.29, 1.82) is 0 Å². The summed E-state index contributed by atoms with van der Waals surface area (Å²) in [6.07, 6.45) is 2.88. The first-order valence-corrected chi connectivity index (χ1v) is 9.23. The Labute approximate surface area is 166 Å². The number of halogens is 2. The molecular weight excluding hydrogens is 491 g/mol. The van der Waals surface area contributed by atoms with Crippen LogP contribution in [0.4, 0.5) is 0 Å². The molecule has 2 saturated heterocycles. The second-order valence-corrected chi connectivity index (χ2v) is 8.43. The monoisotopic (exact) mass is 512 g/mol. The first-order valence-electron chi connectivity index (χ1n) is 7.55. The Morgan fingerprint density at radius 3 is 3.04 bits per heavy atom. The molecule has 2 aliphatic heterocycles. The molecule has 23 heavy (non-hydrogen) atoms. The van der Waals surface area contributed by atoms with Crippen LogP contribution in [-0.4, -0.2) is 43.4 Å². The summed E-state index contributed by atoms with van der Waals surface area (Å²) in [5.74, 6) is 1.12. The van der Waals surface area contributed by atoms with Crippen LogP contribution in [0.3, 0.4) is 0 Å². The summed E-state index contributed by atoms with van der Waals surface area (Å²) in [4.78, 5) is 18.3. The van der Waals surface area contributed by atoms with Crippen molar-refractivity contribution in [3.63, 3.8) is 0 Å². The van der Waals surface area contributed by atoms with Gasteiger partial charge >= 0.3 is 0 Å². The number of likely N-dealkylation sites (tertiary alicyclic amines) is 1. The Balaban J connectivity index is 0.00000192. The third kappa shape index (κ3) is 4.60. The molecule has 1 atom stereocenters. The van der Waals surface area contributed by atoms with E-state index in [1.165, 1.54) is 5.56 Å². The van der Waals surface area contributed by atoms with E-state index in [9.17, 15) is 4.79 Å². The van der Waals surface area contributed by atoms with Crippen LogP contribution in [0.1, 0.15) is 24.8 Å². The molecule has 8 heteroatoms. The number of amides is 1. The number of piperidine rings is 1. The molecule has 0 bridgehead atoms. The summed E-state index contributed by atoms with van der Waals surface area (Å²) < 4.78 is 1.15. The maximum atomic E-state index is 11.6. The van der Waals surface area contributed by atoms with E-state index in [4.69, 9.17) is 0 Å². The quantitative estimate of drug-likeness (QED) is 0.364. The van der Waals surface area contributed by atoms with Crippen LogP contribution >= 0.6 is 51.2 Å². The lowest BCUT2D eigenvalue weighted by Gasteiger charge is -2.40. The highest BCUT2D eigenvalue weighted by Gasteiger charge is 2.42. The normalized spacial score (nSPS) is 24.5. The number of hydrogen-bond acceptors (Lipinski definition) is 3. The van der Waals surface area contributed by atoms with Gasteiger partial charge in [-0.05, 0) is 45.8 Å². The van der Waals surface area contributed by atoms with Crippen LogP contribution in [0.5, 0.6) is 0 Å². The first-order chi connectivity index (χ1) is 10.6. The third-order valence-electron chi connectivity index (χ3n) is 4.44. The Morgan fingerprint density at radius 1 is 1.61 bits per heavy atom. The van der Waals surface area contributed by atoms with Gasteiger partial charge in [-0.25, -0.2) is 0 Å². The van der Waals surface area contributed by atoms with Gasteiger partial charge in [-0.2, -0.15) is 0 Å². The number of thiophene rings is 1. The Kier molecular flexibility index (Phi) is 6.73. The van der Waals surface area contributed by atoms with Crippen LogP contribution in [0, 0.1) is 5.41 Å². The molecule has 1 spiro atoms. The molecule has 2 N–H and O–H groups in total. The van der Waals surface area contributed by atoms with Gasteiger partial charge in [-0.3, -0.25) is 9.79 Å². The zero-order valence-electron chi connectivity index (χ0n) is 13.1. The molecule has 2 fully saturated rings. The SMILES string of the molecule is CN=C(NCc1csc(Br)c1)N1CCCC2(CNC(=O)C2)C1.I. The molecule has 1 unspecified atom stereocenters. The predicted octanol–water partition coefficient (Wildman–Crippen LogP) is 2.81. The topological polar surface area (TPSA) is 56.7 Å². The minimum Gasteiger partial charge on any atom is -0.355 e. The summed E-state index contributed by atoms with van der Waals surface area (Å²) in [5, 5.41) is 8.57. The van der Waals surface area contributed by atoms with E-state index in [-0.39, 0.29) is 35.3 Å². The summed E-state index contributed by atoms with van der Waals surface area (Å²) >= 11 is 5.18. The minimum atomic E-state index is 0. The van der Waals surface area contributed by atoms with Crippen molar-refractivity contribution in [3.8, 4) is 0 Å². The minimum absolute atomic E-state index is 0. The van der Waals surface area contributed by atoms with E-state index in [0.717, 1.165) is 48.8 Å². The summed E-state index contributed by atoms with van der Waals surface area (Å²) in [6.45, 7) is 3.48. The molecule has 3 rings (SSSR count). The van der Waals surface area contributed by atoms with Crippen molar-refractivity contribution in [2.24, 2.45) is 10.4 Å². The lowest BCUT2D eigenvalue weighted by molar-refractivity contribution is -0.119. The van der Waals surface area contributed by atoms with Gasteiger partial charge in [0, 0.05) is 45.1 Å². The fourth-order valence-electron chi connectivity index (χ4n) is 3.38. The van der Waals surface area contributed by atoms with Crippen LogP contribution in [0.2, 0.25) is 0 Å². The maximum Gasteiger partial charge on any atom is 0.220 e. The highest BCUT2D eigenvalue weighted by molar-refractivity contribution is 14.0. The highest BCUT2D eigenvalue weighted by Crippen LogP contribution is 2.36. The standard InChI is InChI=1S/C15H21BrN4OS.HI/c1-17-14(18-7-11-5-12(16)22-8-11)20-4-2-3-15(10-20)6-13(21)19-9-15;/h5,8H,2-4,6-7,9-10H2,1H3,(H,17,18)(H,19,21);1H. The second kappa shape index (κ2) is 8.15. The summed E-state index contributed by atoms with van der Waals surface area (Å²) in [7, 11) is 1.82. The van der Waals surface area contributed by atoms with Gasteiger partial charge in [0.25, 0.3) is 0 Å². The van der Waals surface area contributed by atoms with Crippen molar-refractivity contribution < 1.29 is 4.79 Å². The van der Waals surface area contributed by atoms with Crippen LogP contribution in [-0.2, 0) is 11.3 Å². The smallest absolute Gasteiger partial charge is 0.220 e. The Morgan fingerprint density at radius 2 is 2.43 bits per heavy atom. The van der Waals surface area contributed by atoms with Gasteiger partial charge in [-0.15, -0.1) is 35.3 Å². The number of rotatable bonds is 2. The number of carbonyl (C=O) groups is 1. The molecule has 5 nitrogen and oxygen atoms in total. The van der Waals surface area contributed by atoms with E-state index in [1.807, 2.05) is 7.05 Å². The summed E-state index contributed by atoms with van der Waals surface area (Å²) in [5.41, 5.74) is 1.35. The van der Waals surface area contributed by atoms with Gasteiger partial charge in [-0.1, -0.05) is 0 Å². The zero-order valence-corrected chi connectivity index (χ0v) is 17.8. The molecule has 3 heterocycles. The van der Waals surface area contributed by atoms with Crippen molar-refractivity contribution in [2.45, 2.75) is 25.8 Å². The molecule has 0 aromatic carbocycles. The molecule has 1 aromatic rings. The molecular formula is C15H22BrIN4OS. The van der Waals surface area contributed by atoms with E-state index in [0.29, 0.717) is 6.42 Å². The maximum absolute atomic E-state index is 11.6. The van der Waals surface area contributed by atoms with Gasteiger partial charge in [0.05, 0.1) is 3.79 Å². The zero-order chi connectivity index (χ0) is 15.6. The van der Waals surface area contributed by atoms with Crippen molar-refractivity contribution in [2.75, 3.05) is 26.7 Å². The highest BCUT2D eigenvalue weighted by atomic mass is 127. The number of nitrogens with one attached hydrogen (secondary N) is 2. The van der Waals surface area contributed by atoms with Gasteiger partial charge in [0.1, 0.15) is 0 Å². The number of hydrogen-bond donors (Lipinski definition) is 2. The average Bonchev–Trinajstić information content (AvgIpc) is 3.06. The lowest BCUT2D eigenvalue weighted by atomic mass is 9.79. The Bertz CT molecular complexity index is 594. The second-order valence-electron chi connectivity index (χ2n) is 6.14. The molecule has 0 aliphatic carbocycles. The molecule has 0 saturated carbocycles. The third-order valence-corrected chi connectivity index (χ3v) is 5.99. The van der Waals surface area contributed by atoms with Crippen molar-refractivity contribution in [3.05, 3.63) is 20.8 Å². The first kappa shape index (κ1) is 19.0. The van der Waals surface area contributed by atoms with Crippen LogP contribution < -0.4 is 10.6 Å². The number of nitrogens with zero attached hydrogens (tertiary/aromatic N) is 2. The Hall–Kier alpha value is -0.350. The van der Waals surface area contributed by atoms with E-state index in [1.54, 1.807) is 11.3 Å². The molecule has 2 aliphatic rings. The van der Waals surface area contributed by atoms with Crippen LogP contribution in [0.25, 0.3) is 0 Å². The van der Waals surface area contributed by atoms with E-state index < -0.39 is 0 Å². The molecule has 1 aromatic heterocycles. The van der Waals surface area contributed by atoms with E-state index in [2.05, 4.69) is 47.9 Å². The van der Waals surface area contributed by atoms with Gasteiger partial charge in [0.2, 0.25) is 5.91 Å². The fourth-order valence-corrected chi connectivity index (χ4v) is 4.59.